The molecule has 0 saturated carbocycles. The fraction of sp³-hybridized carbons (Fsp3) is 0.632. The van der Waals surface area contributed by atoms with Crippen LogP contribution in [0.2, 0.25) is 0 Å². The lowest BCUT2D eigenvalue weighted by atomic mass is 9.79. The fourth-order valence-electron chi connectivity index (χ4n) is 7.09. The number of rotatable bonds is 6. The highest BCUT2D eigenvalue weighted by Crippen LogP contribution is 2.30. The molecule has 1 aromatic rings. The standard InChI is InChI=1S/C38H55N3O6/c1-27(32-14-7-8-21-39-32)12-11-13-28(2)35-29(3)15-16-34(38(4,46)20-17-31(42)26-33(43)36(35)44)47-37(45)41-24-18-30(19-25-41)40-22-9-5-6-10-23-40/h7-8,11-16,21,27,29-31,34-35,42,46H,5-6,9-10,17-20,22-26H2,1-4H3/b12-11+,16-15+,28-13+/t27-,29-,31-,34-,35+,38-/m0/s1. The van der Waals surface area contributed by atoms with Crippen LogP contribution in [0.15, 0.2) is 60.3 Å². The first kappa shape index (κ1) is 36.7. The van der Waals surface area contributed by atoms with Crippen molar-refractivity contribution in [3.8, 4) is 0 Å². The van der Waals surface area contributed by atoms with E-state index >= 15 is 0 Å². The number of hydrogen-bond acceptors (Lipinski definition) is 8. The molecular formula is C38H55N3O6. The molecule has 0 bridgehead atoms. The summed E-state index contributed by atoms with van der Waals surface area (Å²) in [5.74, 6) is -2.36. The molecule has 4 rings (SSSR count). The van der Waals surface area contributed by atoms with Gasteiger partial charge in [-0.15, -0.1) is 0 Å². The summed E-state index contributed by atoms with van der Waals surface area (Å²) in [5, 5.41) is 22.2. The van der Waals surface area contributed by atoms with Gasteiger partial charge in [-0.25, -0.2) is 4.79 Å². The minimum absolute atomic E-state index is 0.0548. The Bertz CT molecular complexity index is 1280. The van der Waals surface area contributed by atoms with Gasteiger partial charge in [0.1, 0.15) is 5.60 Å². The quantitative estimate of drug-likeness (QED) is 0.226. The number of aliphatic hydroxyl groups is 2. The van der Waals surface area contributed by atoms with Crippen LogP contribution in [0.5, 0.6) is 0 Å². The van der Waals surface area contributed by atoms with Crippen LogP contribution in [0.3, 0.4) is 0 Å². The molecule has 0 spiro atoms. The minimum atomic E-state index is -1.49. The summed E-state index contributed by atoms with van der Waals surface area (Å²) in [4.78, 5) is 48.7. The Morgan fingerprint density at radius 1 is 1.06 bits per heavy atom. The van der Waals surface area contributed by atoms with Gasteiger partial charge in [0.15, 0.2) is 6.10 Å². The molecule has 1 aliphatic carbocycles. The first-order valence-corrected chi connectivity index (χ1v) is 17.6. The van der Waals surface area contributed by atoms with Crippen molar-refractivity contribution < 1.29 is 29.3 Å². The zero-order valence-electron chi connectivity index (χ0n) is 28.7. The van der Waals surface area contributed by atoms with Crippen molar-refractivity contribution in [1.29, 1.82) is 0 Å². The normalized spacial score (nSPS) is 31.1. The number of ketones is 2. The molecule has 1 aromatic heterocycles. The topological polar surface area (TPSA) is 120 Å². The van der Waals surface area contributed by atoms with Gasteiger partial charge in [-0.2, -0.15) is 0 Å². The Labute approximate surface area is 280 Å². The largest absolute Gasteiger partial charge is 0.439 e. The minimum Gasteiger partial charge on any atom is -0.439 e. The molecule has 6 atom stereocenters. The van der Waals surface area contributed by atoms with Crippen LogP contribution in [0.1, 0.15) is 97.1 Å². The number of allylic oxidation sites excluding steroid dienone is 5. The number of carbonyl (C=O) groups is 3. The second-order valence-electron chi connectivity index (χ2n) is 14.1. The number of hydrogen-bond donors (Lipinski definition) is 2. The Kier molecular flexibility index (Phi) is 13.5. The highest BCUT2D eigenvalue weighted by molar-refractivity contribution is 6.38. The molecule has 0 radical (unpaired) electrons. The van der Waals surface area contributed by atoms with Crippen LogP contribution in [0.25, 0.3) is 0 Å². The van der Waals surface area contributed by atoms with Crippen molar-refractivity contribution in [3.05, 3.63) is 66.0 Å². The number of amides is 1. The average Bonchev–Trinajstić information content (AvgIpc) is 3.35. The van der Waals surface area contributed by atoms with E-state index in [1.165, 1.54) is 25.7 Å². The van der Waals surface area contributed by atoms with Gasteiger partial charge < -0.3 is 24.7 Å². The van der Waals surface area contributed by atoms with Gasteiger partial charge in [0.25, 0.3) is 0 Å². The van der Waals surface area contributed by atoms with E-state index in [4.69, 9.17) is 4.74 Å². The third kappa shape index (κ3) is 10.4. The average molecular weight is 650 g/mol. The Balaban J connectivity index is 1.49. The predicted molar refractivity (Wildman–Crippen MR) is 183 cm³/mol. The first-order chi connectivity index (χ1) is 22.5. The highest BCUT2D eigenvalue weighted by Gasteiger charge is 2.38. The third-order valence-electron chi connectivity index (χ3n) is 10.2. The molecule has 1 amide bonds. The number of aromatic nitrogens is 1. The summed E-state index contributed by atoms with van der Waals surface area (Å²) in [6, 6.07) is 6.24. The zero-order valence-corrected chi connectivity index (χ0v) is 28.7. The number of pyridine rings is 1. The predicted octanol–water partition coefficient (Wildman–Crippen LogP) is 5.78. The van der Waals surface area contributed by atoms with Crippen molar-refractivity contribution >= 4 is 17.7 Å². The molecule has 3 heterocycles. The summed E-state index contributed by atoms with van der Waals surface area (Å²) < 4.78 is 5.98. The van der Waals surface area contributed by atoms with Gasteiger partial charge in [-0.05, 0) is 89.6 Å². The van der Waals surface area contributed by atoms with Gasteiger partial charge >= 0.3 is 6.09 Å². The molecule has 2 aliphatic heterocycles. The van der Waals surface area contributed by atoms with Crippen LogP contribution >= 0.6 is 0 Å². The Morgan fingerprint density at radius 3 is 2.43 bits per heavy atom. The van der Waals surface area contributed by atoms with Crippen molar-refractivity contribution in [2.75, 3.05) is 26.2 Å². The van der Waals surface area contributed by atoms with Gasteiger partial charge in [0.05, 0.1) is 12.0 Å². The molecule has 0 aromatic carbocycles. The van der Waals surface area contributed by atoms with Crippen molar-refractivity contribution in [2.24, 2.45) is 11.8 Å². The lowest BCUT2D eigenvalue weighted by molar-refractivity contribution is -0.140. The molecule has 9 heteroatoms. The number of nitrogens with zero attached hydrogens (tertiary/aromatic N) is 3. The van der Waals surface area contributed by atoms with Crippen molar-refractivity contribution in [3.63, 3.8) is 0 Å². The summed E-state index contributed by atoms with van der Waals surface area (Å²) in [5.41, 5.74) is 0.129. The Hall–Kier alpha value is -3.14. The maximum Gasteiger partial charge on any atom is 0.410 e. The van der Waals surface area contributed by atoms with Gasteiger partial charge in [0, 0.05) is 43.4 Å². The zero-order chi connectivity index (χ0) is 34.0. The fourth-order valence-corrected chi connectivity index (χ4v) is 7.09. The summed E-state index contributed by atoms with van der Waals surface area (Å²) in [6.45, 7) is 10.7. The molecule has 2 fully saturated rings. The monoisotopic (exact) mass is 649 g/mol. The SMILES string of the molecule is C/C(=C\C=C\[C@H](C)c1ccccn1)[C@H]1C(=O)C(=O)C[C@@H](O)CC[C@](C)(O)[C@@H](OC(=O)N2CCC(N3CCCCCC3)CC2)/C=C/[C@@H]1C. The van der Waals surface area contributed by atoms with Crippen LogP contribution in [-0.4, -0.2) is 92.7 Å². The molecule has 2 N–H and O–H groups in total. The van der Waals surface area contributed by atoms with E-state index in [9.17, 15) is 24.6 Å². The summed E-state index contributed by atoms with van der Waals surface area (Å²) in [7, 11) is 0. The number of Topliss-reactive ketones (excluding diaryl/α,β-unsaturated/α-hetero) is 2. The van der Waals surface area contributed by atoms with E-state index in [-0.39, 0.29) is 25.2 Å². The van der Waals surface area contributed by atoms with Gasteiger partial charge in [-0.3, -0.25) is 14.6 Å². The van der Waals surface area contributed by atoms with E-state index in [0.717, 1.165) is 31.6 Å². The number of carbonyl (C=O) groups excluding carboxylic acids is 3. The van der Waals surface area contributed by atoms with E-state index in [0.29, 0.717) is 24.7 Å². The van der Waals surface area contributed by atoms with Crippen LogP contribution in [-0.2, 0) is 14.3 Å². The lowest BCUT2D eigenvalue weighted by Gasteiger charge is -2.39. The van der Waals surface area contributed by atoms with Gasteiger partial charge in [0.2, 0.25) is 11.6 Å². The smallest absolute Gasteiger partial charge is 0.410 e. The number of likely N-dealkylation sites (tertiary alicyclic amines) is 2. The van der Waals surface area contributed by atoms with Crippen molar-refractivity contribution in [1.82, 2.24) is 14.8 Å². The molecule has 258 valence electrons. The second-order valence-corrected chi connectivity index (χ2v) is 14.1. The third-order valence-corrected chi connectivity index (χ3v) is 10.2. The summed E-state index contributed by atoms with van der Waals surface area (Å²) in [6.07, 6.45) is 15.0. The molecule has 2 saturated heterocycles. The molecule has 47 heavy (non-hydrogen) atoms. The number of aliphatic hydroxyl groups excluding tert-OH is 1. The molecular weight excluding hydrogens is 594 g/mol. The Morgan fingerprint density at radius 2 is 1.77 bits per heavy atom. The first-order valence-electron chi connectivity index (χ1n) is 17.6. The lowest BCUT2D eigenvalue weighted by Crippen LogP contribution is -2.49. The summed E-state index contributed by atoms with van der Waals surface area (Å²) >= 11 is 0. The second kappa shape index (κ2) is 17.3. The van der Waals surface area contributed by atoms with Crippen molar-refractivity contribution in [2.45, 2.75) is 115 Å². The van der Waals surface area contributed by atoms with Crippen LogP contribution < -0.4 is 0 Å². The maximum atomic E-state index is 13.5. The number of ether oxygens (including phenoxy) is 1. The molecule has 9 nitrogen and oxygen atoms in total. The van der Waals surface area contributed by atoms with E-state index in [1.54, 1.807) is 30.2 Å². The van der Waals surface area contributed by atoms with E-state index < -0.39 is 47.3 Å². The molecule has 3 aliphatic rings. The van der Waals surface area contributed by atoms with Crippen LogP contribution in [0.4, 0.5) is 4.79 Å². The number of piperidine rings is 1. The van der Waals surface area contributed by atoms with E-state index in [1.807, 2.05) is 57.2 Å². The van der Waals surface area contributed by atoms with Crippen LogP contribution in [0, 0.1) is 11.8 Å². The maximum absolute atomic E-state index is 13.5. The van der Waals surface area contributed by atoms with E-state index in [2.05, 4.69) is 9.88 Å². The van der Waals surface area contributed by atoms with Gasteiger partial charge in [-0.1, -0.05) is 62.6 Å². The highest BCUT2D eigenvalue weighted by atomic mass is 16.6. The molecule has 0 unspecified atom stereocenters.